The number of hydrogen-bond donors (Lipinski definition) is 2. The van der Waals surface area contributed by atoms with Crippen LogP contribution in [0.2, 0.25) is 0 Å². The van der Waals surface area contributed by atoms with E-state index in [0.717, 1.165) is 50.9 Å². The molecule has 112 valence electrons. The van der Waals surface area contributed by atoms with Crippen LogP contribution in [-0.2, 0) is 15.6 Å². The Morgan fingerprint density at radius 3 is 2.79 bits per heavy atom. The standard InChI is InChI=1S/C13H24N2O2S.ClH/c1-2-18(17)12-5-3-4-11(8-12)15-13(16)10-6-7-14-9-10;/h10-12,14H,2-9H2,1H3,(H,15,16);1H. The van der Waals surface area contributed by atoms with Crippen LogP contribution in [0.25, 0.3) is 0 Å². The van der Waals surface area contributed by atoms with Crippen molar-refractivity contribution in [2.75, 3.05) is 18.8 Å². The molecule has 1 saturated carbocycles. The van der Waals surface area contributed by atoms with Crippen LogP contribution < -0.4 is 10.6 Å². The molecule has 19 heavy (non-hydrogen) atoms. The first-order valence-electron chi connectivity index (χ1n) is 7.09. The van der Waals surface area contributed by atoms with E-state index in [9.17, 15) is 9.00 Å². The van der Waals surface area contributed by atoms with Gasteiger partial charge in [-0.05, 0) is 32.2 Å². The highest BCUT2D eigenvalue weighted by Gasteiger charge is 2.29. The molecule has 2 N–H and O–H groups in total. The zero-order valence-corrected chi connectivity index (χ0v) is 13.2. The Balaban J connectivity index is 0.00000180. The second kappa shape index (κ2) is 8.22. The highest BCUT2D eigenvalue weighted by atomic mass is 35.5. The molecule has 1 saturated heterocycles. The van der Waals surface area contributed by atoms with Crippen molar-refractivity contribution in [2.45, 2.75) is 50.3 Å². The van der Waals surface area contributed by atoms with Gasteiger partial charge in [0.1, 0.15) is 0 Å². The Morgan fingerprint density at radius 1 is 1.37 bits per heavy atom. The number of rotatable bonds is 4. The van der Waals surface area contributed by atoms with Gasteiger partial charge in [-0.3, -0.25) is 9.00 Å². The highest BCUT2D eigenvalue weighted by molar-refractivity contribution is 7.85. The number of carbonyl (C=O) groups is 1. The summed E-state index contributed by atoms with van der Waals surface area (Å²) in [5.74, 6) is 1.06. The van der Waals surface area contributed by atoms with Crippen molar-refractivity contribution >= 4 is 29.1 Å². The molecule has 0 spiro atoms. The Kier molecular flexibility index (Phi) is 7.32. The summed E-state index contributed by atoms with van der Waals surface area (Å²) >= 11 is 0. The van der Waals surface area contributed by atoms with Crippen LogP contribution in [0.1, 0.15) is 39.0 Å². The maximum atomic E-state index is 12.0. The molecule has 2 fully saturated rings. The Hall–Kier alpha value is -0.130. The molecule has 2 rings (SSSR count). The fraction of sp³-hybridized carbons (Fsp3) is 0.923. The van der Waals surface area contributed by atoms with Crippen molar-refractivity contribution in [3.63, 3.8) is 0 Å². The van der Waals surface area contributed by atoms with E-state index in [1.54, 1.807) is 0 Å². The quantitative estimate of drug-likeness (QED) is 0.821. The molecule has 4 unspecified atom stereocenters. The van der Waals surface area contributed by atoms with Gasteiger partial charge < -0.3 is 10.6 Å². The summed E-state index contributed by atoms with van der Waals surface area (Å²) < 4.78 is 11.8. The van der Waals surface area contributed by atoms with Crippen LogP contribution in [0.4, 0.5) is 0 Å². The molecule has 4 nitrogen and oxygen atoms in total. The lowest BCUT2D eigenvalue weighted by molar-refractivity contribution is -0.125. The molecule has 0 aromatic carbocycles. The van der Waals surface area contributed by atoms with E-state index < -0.39 is 10.8 Å². The average Bonchev–Trinajstić information content (AvgIpc) is 2.92. The van der Waals surface area contributed by atoms with Crippen molar-refractivity contribution < 1.29 is 9.00 Å². The van der Waals surface area contributed by atoms with Crippen molar-refractivity contribution in [1.29, 1.82) is 0 Å². The van der Waals surface area contributed by atoms with E-state index in [-0.39, 0.29) is 35.5 Å². The summed E-state index contributed by atoms with van der Waals surface area (Å²) in [6.07, 6.45) is 5.03. The first kappa shape index (κ1) is 16.9. The number of hydrogen-bond acceptors (Lipinski definition) is 3. The minimum absolute atomic E-state index is 0. The van der Waals surface area contributed by atoms with Gasteiger partial charge in [0, 0.05) is 34.4 Å². The molecule has 2 aliphatic rings. The minimum atomic E-state index is -0.715. The van der Waals surface area contributed by atoms with Gasteiger partial charge in [0.2, 0.25) is 5.91 Å². The molecule has 0 radical (unpaired) electrons. The lowest BCUT2D eigenvalue weighted by Crippen LogP contribution is -2.43. The van der Waals surface area contributed by atoms with E-state index in [1.807, 2.05) is 6.92 Å². The van der Waals surface area contributed by atoms with Crippen molar-refractivity contribution in [2.24, 2.45) is 5.92 Å². The normalized spacial score (nSPS) is 32.4. The topological polar surface area (TPSA) is 58.2 Å². The van der Waals surface area contributed by atoms with Crippen molar-refractivity contribution in [1.82, 2.24) is 10.6 Å². The highest BCUT2D eigenvalue weighted by Crippen LogP contribution is 2.23. The summed E-state index contributed by atoms with van der Waals surface area (Å²) in [5.41, 5.74) is 0. The number of halogens is 1. The molecule has 1 aliphatic carbocycles. The van der Waals surface area contributed by atoms with Gasteiger partial charge in [-0.15, -0.1) is 12.4 Å². The molecular formula is C13H25ClN2O2S. The summed E-state index contributed by atoms with van der Waals surface area (Å²) in [4.78, 5) is 12.0. The number of carbonyl (C=O) groups excluding carboxylic acids is 1. The van der Waals surface area contributed by atoms with Gasteiger partial charge >= 0.3 is 0 Å². The summed E-state index contributed by atoms with van der Waals surface area (Å²) in [7, 11) is -0.715. The van der Waals surface area contributed by atoms with Crippen LogP contribution in [0.5, 0.6) is 0 Å². The largest absolute Gasteiger partial charge is 0.353 e. The Bertz CT molecular complexity index is 322. The van der Waals surface area contributed by atoms with Gasteiger partial charge in [0.25, 0.3) is 0 Å². The Morgan fingerprint density at radius 2 is 2.16 bits per heavy atom. The predicted molar refractivity (Wildman–Crippen MR) is 81.1 cm³/mol. The van der Waals surface area contributed by atoms with Crippen LogP contribution in [0.3, 0.4) is 0 Å². The minimum Gasteiger partial charge on any atom is -0.353 e. The predicted octanol–water partition coefficient (Wildman–Crippen LogP) is 1.21. The zero-order chi connectivity index (χ0) is 13.0. The number of amides is 1. The Labute approximate surface area is 124 Å². The monoisotopic (exact) mass is 308 g/mol. The second-order valence-corrected chi connectivity index (χ2v) is 7.36. The summed E-state index contributed by atoms with van der Waals surface area (Å²) in [5, 5.41) is 6.66. The molecule has 0 bridgehead atoms. The fourth-order valence-electron chi connectivity index (χ4n) is 2.95. The van der Waals surface area contributed by atoms with E-state index in [0.29, 0.717) is 0 Å². The van der Waals surface area contributed by atoms with E-state index in [2.05, 4.69) is 10.6 Å². The smallest absolute Gasteiger partial charge is 0.224 e. The van der Waals surface area contributed by atoms with Gasteiger partial charge in [-0.1, -0.05) is 13.3 Å². The third kappa shape index (κ3) is 4.72. The lowest BCUT2D eigenvalue weighted by Gasteiger charge is -2.29. The van der Waals surface area contributed by atoms with E-state index in [4.69, 9.17) is 0 Å². The third-order valence-corrected chi connectivity index (χ3v) is 5.80. The first-order chi connectivity index (χ1) is 8.70. The molecule has 0 aromatic heterocycles. The van der Waals surface area contributed by atoms with Crippen LogP contribution in [0, 0.1) is 5.92 Å². The summed E-state index contributed by atoms with van der Waals surface area (Å²) in [6.45, 7) is 3.73. The van der Waals surface area contributed by atoms with Gasteiger partial charge in [-0.25, -0.2) is 0 Å². The molecule has 4 atom stereocenters. The van der Waals surface area contributed by atoms with Crippen LogP contribution >= 0.6 is 12.4 Å². The van der Waals surface area contributed by atoms with Crippen LogP contribution in [-0.4, -0.2) is 40.3 Å². The van der Waals surface area contributed by atoms with Gasteiger partial charge in [-0.2, -0.15) is 0 Å². The maximum Gasteiger partial charge on any atom is 0.224 e. The van der Waals surface area contributed by atoms with Crippen LogP contribution in [0.15, 0.2) is 0 Å². The molecule has 1 aliphatic heterocycles. The maximum absolute atomic E-state index is 12.0. The molecule has 0 aromatic rings. The van der Waals surface area contributed by atoms with Gasteiger partial charge in [0.15, 0.2) is 0 Å². The first-order valence-corrected chi connectivity index (χ1v) is 8.47. The number of nitrogens with one attached hydrogen (secondary N) is 2. The molecular weight excluding hydrogens is 284 g/mol. The third-order valence-electron chi connectivity index (χ3n) is 4.06. The van der Waals surface area contributed by atoms with E-state index in [1.165, 1.54) is 0 Å². The van der Waals surface area contributed by atoms with Crippen molar-refractivity contribution in [3.8, 4) is 0 Å². The molecule has 6 heteroatoms. The lowest BCUT2D eigenvalue weighted by atomic mass is 9.94. The fourth-order valence-corrected chi connectivity index (χ4v) is 4.30. The second-order valence-electron chi connectivity index (χ2n) is 5.35. The average molecular weight is 309 g/mol. The molecule has 1 amide bonds. The van der Waals surface area contributed by atoms with Crippen molar-refractivity contribution in [3.05, 3.63) is 0 Å². The SMILES string of the molecule is CCS(=O)C1CCCC(NC(=O)C2CCNC2)C1.Cl. The summed E-state index contributed by atoms with van der Waals surface area (Å²) in [6, 6.07) is 0.243. The van der Waals surface area contributed by atoms with Gasteiger partial charge in [0.05, 0.1) is 5.92 Å². The zero-order valence-electron chi connectivity index (χ0n) is 11.5. The van der Waals surface area contributed by atoms with E-state index >= 15 is 0 Å². The molecule has 1 heterocycles.